The SMILES string of the molecule is COc1cc(C2(N)c3cc4c(cc3C(OC3OC5COC(C)OC5C(O)C3O)C3COC(=O)C32N)OCO4)cc(OC)c1O. The van der Waals surface area contributed by atoms with Gasteiger partial charge in [-0.25, -0.2) is 4.79 Å². The number of hydrogen-bond donors (Lipinski definition) is 5. The van der Waals surface area contributed by atoms with Crippen LogP contribution < -0.4 is 30.4 Å². The van der Waals surface area contributed by atoms with E-state index in [1.165, 1.54) is 26.4 Å². The molecule has 0 spiro atoms. The van der Waals surface area contributed by atoms with Crippen molar-refractivity contribution in [1.29, 1.82) is 0 Å². The summed E-state index contributed by atoms with van der Waals surface area (Å²) in [4.78, 5) is 13.7. The summed E-state index contributed by atoms with van der Waals surface area (Å²) >= 11 is 0. The first-order valence-electron chi connectivity index (χ1n) is 14.1. The molecule has 0 amide bonds. The van der Waals surface area contributed by atoms with Crippen molar-refractivity contribution in [3.8, 4) is 28.7 Å². The topological polar surface area (TPSA) is 213 Å². The van der Waals surface area contributed by atoms with Crippen LogP contribution >= 0.6 is 0 Å². The Morgan fingerprint density at radius 1 is 0.932 bits per heavy atom. The summed E-state index contributed by atoms with van der Waals surface area (Å²) in [5.74, 6) is -1.21. The standard InChI is InChI=1S/C29H34N2O13/c1-11-38-9-20-25(42-11)22(33)23(34)26(43-20)44-24-13-6-16-17(41-10-40-16)7-14(13)28(30,29(31)15(24)8-39-27(29)35)12-4-18(36-2)21(32)19(5-12)37-3/h4-7,11,15,20,22-26,32-34H,8-10,30-31H2,1-3H3. The zero-order valence-corrected chi connectivity index (χ0v) is 24.1. The maximum atomic E-state index is 13.7. The zero-order valence-electron chi connectivity index (χ0n) is 24.1. The highest BCUT2D eigenvalue weighted by atomic mass is 16.8. The molecular weight excluding hydrogens is 584 g/mol. The minimum Gasteiger partial charge on any atom is -0.502 e. The molecule has 5 aliphatic rings. The Hall–Kier alpha value is -3.41. The van der Waals surface area contributed by atoms with Gasteiger partial charge >= 0.3 is 5.97 Å². The van der Waals surface area contributed by atoms with E-state index in [0.29, 0.717) is 22.6 Å². The van der Waals surface area contributed by atoms with Gasteiger partial charge in [-0.3, -0.25) is 0 Å². The number of methoxy groups -OCH3 is 2. The molecule has 4 aliphatic heterocycles. The molecule has 7 rings (SSSR count). The van der Waals surface area contributed by atoms with E-state index >= 15 is 0 Å². The Balaban J connectivity index is 1.38. The van der Waals surface area contributed by atoms with Crippen LogP contribution in [0.2, 0.25) is 0 Å². The second kappa shape index (κ2) is 10.3. The minimum absolute atomic E-state index is 0.0323. The molecule has 0 bridgehead atoms. The summed E-state index contributed by atoms with van der Waals surface area (Å²) in [7, 11) is 2.72. The van der Waals surface area contributed by atoms with Crippen molar-refractivity contribution in [3.05, 3.63) is 41.0 Å². The third kappa shape index (κ3) is 3.94. The predicted octanol–water partition coefficient (Wildman–Crippen LogP) is -0.510. The number of esters is 1. The summed E-state index contributed by atoms with van der Waals surface area (Å²) in [5, 5.41) is 32.7. The van der Waals surface area contributed by atoms with Crippen LogP contribution in [0.15, 0.2) is 24.3 Å². The van der Waals surface area contributed by atoms with Crippen molar-refractivity contribution in [3.63, 3.8) is 0 Å². The summed E-state index contributed by atoms with van der Waals surface area (Å²) in [6.07, 6.45) is -7.51. The van der Waals surface area contributed by atoms with Crippen LogP contribution in [0.4, 0.5) is 0 Å². The molecule has 10 unspecified atom stereocenters. The summed E-state index contributed by atoms with van der Waals surface area (Å²) in [5.41, 5.74) is 11.6. The lowest BCUT2D eigenvalue weighted by Gasteiger charge is -2.52. The number of carbonyl (C=O) groups is 1. The quantitative estimate of drug-likeness (QED) is 0.267. The van der Waals surface area contributed by atoms with Gasteiger partial charge in [-0.05, 0) is 47.9 Å². The number of ether oxygens (including phenoxy) is 9. The Morgan fingerprint density at radius 2 is 1.61 bits per heavy atom. The van der Waals surface area contributed by atoms with Gasteiger partial charge < -0.3 is 69.4 Å². The van der Waals surface area contributed by atoms with Crippen molar-refractivity contribution >= 4 is 5.97 Å². The smallest absolute Gasteiger partial charge is 0.329 e. The molecule has 2 aromatic rings. The number of carbonyl (C=O) groups excluding carboxylic acids is 1. The Kier molecular flexibility index (Phi) is 6.87. The molecule has 10 atom stereocenters. The molecule has 7 N–H and O–H groups in total. The summed E-state index contributed by atoms with van der Waals surface area (Å²) in [6.45, 7) is 1.52. The van der Waals surface area contributed by atoms with Crippen LogP contribution in [0.3, 0.4) is 0 Å². The monoisotopic (exact) mass is 618 g/mol. The minimum atomic E-state index is -1.97. The Bertz CT molecular complexity index is 1460. The van der Waals surface area contributed by atoms with E-state index in [9.17, 15) is 20.1 Å². The number of cyclic esters (lactones) is 1. The van der Waals surface area contributed by atoms with Crippen LogP contribution in [0.25, 0.3) is 0 Å². The fraction of sp³-hybridized carbons (Fsp3) is 0.552. The lowest BCUT2D eigenvalue weighted by molar-refractivity contribution is -0.364. The zero-order chi connectivity index (χ0) is 31.1. The number of fused-ring (bicyclic) bond motifs is 4. The Morgan fingerprint density at radius 3 is 2.30 bits per heavy atom. The first-order valence-corrected chi connectivity index (χ1v) is 14.1. The van der Waals surface area contributed by atoms with Gasteiger partial charge in [0.05, 0.1) is 45.0 Å². The lowest BCUT2D eigenvalue weighted by Crippen LogP contribution is -2.73. The van der Waals surface area contributed by atoms with Crippen LogP contribution in [0, 0.1) is 5.92 Å². The second-order valence-corrected chi connectivity index (χ2v) is 11.5. The molecule has 15 heteroatoms. The largest absolute Gasteiger partial charge is 0.502 e. The van der Waals surface area contributed by atoms with E-state index in [2.05, 4.69) is 0 Å². The number of hydrogen-bond acceptors (Lipinski definition) is 15. The number of nitrogens with two attached hydrogens (primary N) is 2. The number of benzene rings is 2. The van der Waals surface area contributed by atoms with Crippen LogP contribution in [-0.4, -0.2) is 98.1 Å². The van der Waals surface area contributed by atoms with E-state index < -0.39 is 66.1 Å². The molecule has 3 fully saturated rings. The van der Waals surface area contributed by atoms with Gasteiger partial charge in [0.1, 0.15) is 30.0 Å². The fourth-order valence-corrected chi connectivity index (χ4v) is 6.96. The predicted molar refractivity (Wildman–Crippen MR) is 145 cm³/mol. The summed E-state index contributed by atoms with van der Waals surface area (Å²) in [6, 6.07) is 6.23. The van der Waals surface area contributed by atoms with Crippen molar-refractivity contribution in [2.75, 3.05) is 34.2 Å². The van der Waals surface area contributed by atoms with E-state index in [1.54, 1.807) is 19.1 Å². The maximum Gasteiger partial charge on any atom is 0.329 e. The molecule has 0 saturated carbocycles. The third-order valence-corrected chi connectivity index (χ3v) is 9.31. The lowest BCUT2D eigenvalue weighted by atomic mass is 9.57. The number of aromatic hydroxyl groups is 1. The number of aliphatic hydroxyl groups is 2. The van der Waals surface area contributed by atoms with Gasteiger partial charge in [0.15, 0.2) is 35.6 Å². The van der Waals surface area contributed by atoms with Crippen LogP contribution in [0.1, 0.15) is 29.7 Å². The molecular formula is C29H34N2O13. The molecule has 0 radical (unpaired) electrons. The highest BCUT2D eigenvalue weighted by Crippen LogP contribution is 2.58. The average molecular weight is 619 g/mol. The van der Waals surface area contributed by atoms with E-state index in [1.807, 2.05) is 0 Å². The fourth-order valence-electron chi connectivity index (χ4n) is 6.96. The van der Waals surface area contributed by atoms with Gasteiger partial charge in [0, 0.05) is 0 Å². The van der Waals surface area contributed by atoms with Gasteiger partial charge in [-0.1, -0.05) is 0 Å². The first kappa shape index (κ1) is 29.3. The molecule has 238 valence electrons. The van der Waals surface area contributed by atoms with Crippen molar-refractivity contribution in [1.82, 2.24) is 0 Å². The van der Waals surface area contributed by atoms with E-state index in [0.717, 1.165) is 0 Å². The molecule has 15 nitrogen and oxygen atoms in total. The average Bonchev–Trinajstić information content (AvgIpc) is 3.61. The normalized spacial score (nSPS) is 38.8. The molecule has 3 saturated heterocycles. The number of aliphatic hydroxyl groups excluding tert-OH is 2. The van der Waals surface area contributed by atoms with Gasteiger partial charge in [-0.2, -0.15) is 0 Å². The third-order valence-electron chi connectivity index (χ3n) is 9.31. The molecule has 4 heterocycles. The summed E-state index contributed by atoms with van der Waals surface area (Å²) < 4.78 is 51.4. The maximum absolute atomic E-state index is 13.7. The van der Waals surface area contributed by atoms with Crippen LogP contribution in [0.5, 0.6) is 28.7 Å². The van der Waals surface area contributed by atoms with Crippen molar-refractivity contribution < 1.29 is 62.7 Å². The number of rotatable bonds is 5. The van der Waals surface area contributed by atoms with E-state index in [4.69, 9.17) is 54.1 Å². The Labute approximate surface area is 251 Å². The second-order valence-electron chi connectivity index (χ2n) is 11.5. The van der Waals surface area contributed by atoms with Crippen LogP contribution in [-0.2, 0) is 34.0 Å². The first-order chi connectivity index (χ1) is 21.0. The van der Waals surface area contributed by atoms with E-state index in [-0.39, 0.29) is 42.8 Å². The van der Waals surface area contributed by atoms with Crippen molar-refractivity contribution in [2.45, 2.75) is 61.1 Å². The van der Waals surface area contributed by atoms with Gasteiger partial charge in [0.2, 0.25) is 12.5 Å². The number of phenolic OH excluding ortho intramolecular Hbond substituents is 1. The highest BCUT2D eigenvalue weighted by molar-refractivity contribution is 5.88. The molecule has 44 heavy (non-hydrogen) atoms. The highest BCUT2D eigenvalue weighted by Gasteiger charge is 2.69. The molecule has 1 aliphatic carbocycles. The van der Waals surface area contributed by atoms with Gasteiger partial charge in [0.25, 0.3) is 0 Å². The van der Waals surface area contributed by atoms with Crippen molar-refractivity contribution in [2.24, 2.45) is 17.4 Å². The van der Waals surface area contributed by atoms with Gasteiger partial charge in [-0.15, -0.1) is 0 Å². The molecule has 0 aromatic heterocycles. The molecule has 2 aromatic carbocycles. The number of phenols is 1.